The molecule has 3 nitrogen and oxygen atoms in total. The highest BCUT2D eigenvalue weighted by Crippen LogP contribution is 2.33. The summed E-state index contributed by atoms with van der Waals surface area (Å²) in [5, 5.41) is 6.76. The Kier molecular flexibility index (Phi) is 4.30. The van der Waals surface area contributed by atoms with Gasteiger partial charge in [-0.2, -0.15) is 0 Å². The van der Waals surface area contributed by atoms with Crippen LogP contribution in [-0.2, 0) is 4.79 Å². The summed E-state index contributed by atoms with van der Waals surface area (Å²) in [7, 11) is 0. The van der Waals surface area contributed by atoms with Crippen molar-refractivity contribution in [2.45, 2.75) is 19.8 Å². The Hall–Kier alpha value is -0.580. The van der Waals surface area contributed by atoms with Gasteiger partial charge in [-0.25, -0.2) is 0 Å². The first-order valence-corrected chi connectivity index (χ1v) is 7.22. The molecule has 1 unspecified atom stereocenters. The van der Waals surface area contributed by atoms with Gasteiger partial charge in [-0.05, 0) is 37.6 Å². The van der Waals surface area contributed by atoms with Crippen molar-refractivity contribution in [3.05, 3.63) is 27.7 Å². The van der Waals surface area contributed by atoms with Crippen LogP contribution in [0.1, 0.15) is 19.8 Å². The zero-order valence-electron chi connectivity index (χ0n) is 10.2. The topological polar surface area (TPSA) is 41.1 Å². The number of benzene rings is 1. The van der Waals surface area contributed by atoms with Crippen LogP contribution in [-0.4, -0.2) is 19.0 Å². The number of amides is 1. The third-order valence-electron chi connectivity index (χ3n) is 3.58. The van der Waals surface area contributed by atoms with Gasteiger partial charge in [0.05, 0.1) is 16.1 Å². The van der Waals surface area contributed by atoms with E-state index >= 15 is 0 Å². The Morgan fingerprint density at radius 3 is 3.00 bits per heavy atom. The monoisotopic (exact) mass is 330 g/mol. The zero-order chi connectivity index (χ0) is 13.2. The van der Waals surface area contributed by atoms with Crippen LogP contribution in [0, 0.1) is 5.41 Å². The normalized spacial score (nSPS) is 23.1. The van der Waals surface area contributed by atoms with Crippen molar-refractivity contribution in [1.82, 2.24) is 5.32 Å². The Morgan fingerprint density at radius 2 is 2.39 bits per heavy atom. The van der Waals surface area contributed by atoms with E-state index in [4.69, 9.17) is 11.6 Å². The highest BCUT2D eigenvalue weighted by molar-refractivity contribution is 9.10. The fraction of sp³-hybridized carbons (Fsp3) is 0.462. The van der Waals surface area contributed by atoms with E-state index in [1.54, 1.807) is 6.07 Å². The van der Waals surface area contributed by atoms with Crippen molar-refractivity contribution in [2.24, 2.45) is 5.41 Å². The van der Waals surface area contributed by atoms with Crippen molar-refractivity contribution in [3.8, 4) is 0 Å². The first kappa shape index (κ1) is 13.8. The number of hydrogen-bond acceptors (Lipinski definition) is 2. The molecule has 1 heterocycles. The number of anilines is 1. The summed E-state index contributed by atoms with van der Waals surface area (Å²) in [6, 6.07) is 5.45. The van der Waals surface area contributed by atoms with Gasteiger partial charge in [-0.15, -0.1) is 0 Å². The van der Waals surface area contributed by atoms with Crippen molar-refractivity contribution >= 4 is 39.1 Å². The molecular weight excluding hydrogens is 316 g/mol. The van der Waals surface area contributed by atoms with Crippen LogP contribution in [0.15, 0.2) is 22.7 Å². The van der Waals surface area contributed by atoms with E-state index in [0.29, 0.717) is 10.7 Å². The van der Waals surface area contributed by atoms with Gasteiger partial charge in [0.25, 0.3) is 0 Å². The summed E-state index contributed by atoms with van der Waals surface area (Å²) in [6.07, 6.45) is 1.71. The van der Waals surface area contributed by atoms with Crippen LogP contribution in [0.5, 0.6) is 0 Å². The lowest BCUT2D eigenvalue weighted by Gasteiger charge is -2.25. The van der Waals surface area contributed by atoms with E-state index in [-0.39, 0.29) is 11.3 Å². The summed E-state index contributed by atoms with van der Waals surface area (Å²) in [5.41, 5.74) is 0.363. The van der Waals surface area contributed by atoms with E-state index < -0.39 is 0 Å². The van der Waals surface area contributed by atoms with E-state index in [1.807, 2.05) is 12.1 Å². The lowest BCUT2D eigenvalue weighted by Crippen LogP contribution is -2.37. The second kappa shape index (κ2) is 5.59. The van der Waals surface area contributed by atoms with Crippen LogP contribution >= 0.6 is 27.5 Å². The van der Waals surface area contributed by atoms with E-state index in [2.05, 4.69) is 33.5 Å². The van der Waals surface area contributed by atoms with Crippen LogP contribution in [0.4, 0.5) is 5.69 Å². The Labute approximate surface area is 120 Å². The molecule has 1 aliphatic rings. The molecule has 1 aromatic rings. The van der Waals surface area contributed by atoms with Crippen molar-refractivity contribution in [1.29, 1.82) is 0 Å². The number of halogens is 2. The van der Waals surface area contributed by atoms with E-state index in [1.165, 1.54) is 0 Å². The highest BCUT2D eigenvalue weighted by Gasteiger charge is 2.39. The molecule has 0 spiro atoms. The van der Waals surface area contributed by atoms with Gasteiger partial charge in [0.15, 0.2) is 0 Å². The second-order valence-electron chi connectivity index (χ2n) is 4.64. The van der Waals surface area contributed by atoms with Gasteiger partial charge >= 0.3 is 0 Å². The first-order valence-electron chi connectivity index (χ1n) is 6.04. The number of carbonyl (C=O) groups is 1. The van der Waals surface area contributed by atoms with Gasteiger partial charge in [0.2, 0.25) is 5.91 Å². The largest absolute Gasteiger partial charge is 0.324 e. The SMILES string of the molecule is CCC1(C(=O)Nc2cc(Br)ccc2Cl)CCNC1. The number of nitrogens with one attached hydrogen (secondary N) is 2. The fourth-order valence-electron chi connectivity index (χ4n) is 2.25. The summed E-state index contributed by atoms with van der Waals surface area (Å²) >= 11 is 9.46. The lowest BCUT2D eigenvalue weighted by molar-refractivity contribution is -0.124. The molecule has 2 rings (SSSR count). The van der Waals surface area contributed by atoms with Gasteiger partial charge in [0, 0.05) is 11.0 Å². The molecule has 2 N–H and O–H groups in total. The summed E-state index contributed by atoms with van der Waals surface area (Å²) < 4.78 is 0.900. The molecule has 1 atom stereocenters. The molecular formula is C13H16BrClN2O. The molecule has 98 valence electrons. The quantitative estimate of drug-likeness (QED) is 0.891. The molecule has 5 heteroatoms. The molecule has 18 heavy (non-hydrogen) atoms. The van der Waals surface area contributed by atoms with Crippen molar-refractivity contribution in [3.63, 3.8) is 0 Å². The number of hydrogen-bond donors (Lipinski definition) is 2. The molecule has 0 bridgehead atoms. The predicted octanol–water partition coefficient (Wildman–Crippen LogP) is 3.43. The van der Waals surface area contributed by atoms with Crippen LogP contribution in [0.2, 0.25) is 5.02 Å². The second-order valence-corrected chi connectivity index (χ2v) is 5.96. The van der Waals surface area contributed by atoms with Crippen LogP contribution in [0.25, 0.3) is 0 Å². The number of rotatable bonds is 3. The van der Waals surface area contributed by atoms with E-state index in [0.717, 1.165) is 30.4 Å². The molecule has 0 aliphatic carbocycles. The Bertz CT molecular complexity index is 458. The lowest BCUT2D eigenvalue weighted by atomic mass is 9.83. The summed E-state index contributed by atoms with van der Waals surface area (Å²) in [5.74, 6) is 0.0509. The van der Waals surface area contributed by atoms with Crippen molar-refractivity contribution < 1.29 is 4.79 Å². The molecule has 1 amide bonds. The summed E-state index contributed by atoms with van der Waals surface area (Å²) in [4.78, 5) is 12.4. The average molecular weight is 332 g/mol. The van der Waals surface area contributed by atoms with Crippen LogP contribution in [0.3, 0.4) is 0 Å². The molecule has 1 saturated heterocycles. The standard InChI is InChI=1S/C13H16BrClN2O/c1-2-13(5-6-16-8-13)12(18)17-11-7-9(14)3-4-10(11)15/h3-4,7,16H,2,5-6,8H2,1H3,(H,17,18). The average Bonchev–Trinajstić information content (AvgIpc) is 2.84. The maximum Gasteiger partial charge on any atom is 0.231 e. The first-order chi connectivity index (χ1) is 8.57. The molecule has 0 radical (unpaired) electrons. The molecule has 0 saturated carbocycles. The predicted molar refractivity (Wildman–Crippen MR) is 78.0 cm³/mol. The molecule has 1 fully saturated rings. The smallest absolute Gasteiger partial charge is 0.231 e. The fourth-order valence-corrected chi connectivity index (χ4v) is 2.77. The number of carbonyl (C=O) groups excluding carboxylic acids is 1. The van der Waals surface area contributed by atoms with E-state index in [9.17, 15) is 4.79 Å². The zero-order valence-corrected chi connectivity index (χ0v) is 12.6. The van der Waals surface area contributed by atoms with Crippen LogP contribution < -0.4 is 10.6 Å². The maximum absolute atomic E-state index is 12.4. The minimum Gasteiger partial charge on any atom is -0.324 e. The van der Waals surface area contributed by atoms with Gasteiger partial charge in [-0.1, -0.05) is 34.5 Å². The maximum atomic E-state index is 12.4. The third-order valence-corrected chi connectivity index (χ3v) is 4.40. The third kappa shape index (κ3) is 2.71. The van der Waals surface area contributed by atoms with Gasteiger partial charge in [-0.3, -0.25) is 4.79 Å². The minimum absolute atomic E-state index is 0.0509. The molecule has 1 aromatic carbocycles. The van der Waals surface area contributed by atoms with Crippen molar-refractivity contribution in [2.75, 3.05) is 18.4 Å². The van der Waals surface area contributed by atoms with Gasteiger partial charge in [0.1, 0.15) is 0 Å². The summed E-state index contributed by atoms with van der Waals surface area (Å²) in [6.45, 7) is 3.68. The van der Waals surface area contributed by atoms with Gasteiger partial charge < -0.3 is 10.6 Å². The minimum atomic E-state index is -0.300. The molecule has 1 aliphatic heterocycles. The molecule has 0 aromatic heterocycles. The Balaban J connectivity index is 2.18. The Morgan fingerprint density at radius 1 is 1.61 bits per heavy atom. The highest BCUT2D eigenvalue weighted by atomic mass is 79.9.